The van der Waals surface area contributed by atoms with Gasteiger partial charge < -0.3 is 15.3 Å². The van der Waals surface area contributed by atoms with E-state index in [1.807, 2.05) is 0 Å². The van der Waals surface area contributed by atoms with Crippen molar-refractivity contribution in [1.29, 1.82) is 0 Å². The molecule has 134 valence electrons. The fourth-order valence-electron chi connectivity index (χ4n) is 2.11. The number of pyridine rings is 1. The number of rotatable bonds is 3. The van der Waals surface area contributed by atoms with Crippen molar-refractivity contribution in [2.75, 3.05) is 7.11 Å². The summed E-state index contributed by atoms with van der Waals surface area (Å²) in [4.78, 5) is 16.4. The van der Waals surface area contributed by atoms with Gasteiger partial charge in [-0.1, -0.05) is 0 Å². The van der Waals surface area contributed by atoms with Gasteiger partial charge in [-0.15, -0.1) is 0 Å². The summed E-state index contributed by atoms with van der Waals surface area (Å²) < 4.78 is 32.2. The number of methoxy groups -OCH3 is 1. The summed E-state index contributed by atoms with van der Waals surface area (Å²) in [6.07, 6.45) is 0. The topological polar surface area (TPSA) is 75.8 Å². The lowest BCUT2D eigenvalue weighted by Crippen LogP contribution is -2.43. The van der Waals surface area contributed by atoms with E-state index < -0.39 is 23.1 Å². The standard InChI is InChI=1S/C17H19F2N3O3/c1-17(2,3)21-16(23)15-13(25-4)5-6-14(22(15)24)20-12-8-10(18)7-11(19)9-12/h5-9,24H,1-4H3,(H,21,23). The maximum atomic E-state index is 13.3. The Kier molecular flexibility index (Phi) is 5.10. The minimum atomic E-state index is -0.803. The molecule has 0 atom stereocenters. The molecule has 0 saturated heterocycles. The third-order valence-corrected chi connectivity index (χ3v) is 3.06. The molecule has 1 heterocycles. The van der Waals surface area contributed by atoms with Crippen molar-refractivity contribution in [3.63, 3.8) is 0 Å². The molecule has 0 spiro atoms. The number of nitrogens with one attached hydrogen (secondary N) is 1. The molecule has 1 aromatic carbocycles. The van der Waals surface area contributed by atoms with Gasteiger partial charge in [0.25, 0.3) is 5.91 Å². The zero-order chi connectivity index (χ0) is 18.8. The molecule has 0 bridgehead atoms. The molecule has 0 aliphatic heterocycles. The van der Waals surface area contributed by atoms with Crippen LogP contribution in [0.15, 0.2) is 35.3 Å². The lowest BCUT2D eigenvalue weighted by molar-refractivity contribution is 0.0848. The molecule has 25 heavy (non-hydrogen) atoms. The number of hydrogen-bond acceptors (Lipinski definition) is 4. The SMILES string of the molecule is COc1ccc(=Nc2cc(F)cc(F)c2)n(O)c1C(=O)NC(C)(C)C. The van der Waals surface area contributed by atoms with Gasteiger partial charge in [0.1, 0.15) is 11.6 Å². The second-order valence-electron chi connectivity index (χ2n) is 6.36. The second kappa shape index (κ2) is 6.92. The average molecular weight is 351 g/mol. The average Bonchev–Trinajstić information content (AvgIpc) is 2.46. The monoisotopic (exact) mass is 351 g/mol. The summed E-state index contributed by atoms with van der Waals surface area (Å²) >= 11 is 0. The highest BCUT2D eigenvalue weighted by molar-refractivity contribution is 5.95. The third-order valence-electron chi connectivity index (χ3n) is 3.06. The van der Waals surface area contributed by atoms with Gasteiger partial charge in [-0.3, -0.25) is 4.79 Å². The van der Waals surface area contributed by atoms with E-state index in [1.54, 1.807) is 20.8 Å². The Balaban J connectivity index is 2.60. The van der Waals surface area contributed by atoms with Crippen LogP contribution in [0.1, 0.15) is 31.3 Å². The number of halogens is 2. The molecule has 2 N–H and O–H groups in total. The highest BCUT2D eigenvalue weighted by Crippen LogP contribution is 2.18. The first-order valence-electron chi connectivity index (χ1n) is 7.43. The summed E-state index contributed by atoms with van der Waals surface area (Å²) in [6, 6.07) is 5.50. The molecule has 0 unspecified atom stereocenters. The quantitative estimate of drug-likeness (QED) is 0.835. The minimum absolute atomic E-state index is 0.0485. The lowest BCUT2D eigenvalue weighted by atomic mass is 10.1. The normalized spacial score (nSPS) is 12.2. The zero-order valence-electron chi connectivity index (χ0n) is 14.3. The lowest BCUT2D eigenvalue weighted by Gasteiger charge is -2.21. The van der Waals surface area contributed by atoms with Gasteiger partial charge in [0.05, 0.1) is 12.8 Å². The maximum Gasteiger partial charge on any atom is 0.275 e. The van der Waals surface area contributed by atoms with Crippen LogP contribution in [0.3, 0.4) is 0 Å². The van der Waals surface area contributed by atoms with E-state index in [9.17, 15) is 18.8 Å². The summed E-state index contributed by atoms with van der Waals surface area (Å²) in [5.74, 6) is -2.08. The van der Waals surface area contributed by atoms with Crippen molar-refractivity contribution in [3.8, 4) is 5.75 Å². The van der Waals surface area contributed by atoms with Gasteiger partial charge in [0, 0.05) is 11.6 Å². The van der Waals surface area contributed by atoms with E-state index in [4.69, 9.17) is 4.74 Å². The van der Waals surface area contributed by atoms with E-state index in [0.717, 1.165) is 12.1 Å². The van der Waals surface area contributed by atoms with Crippen LogP contribution in [0.2, 0.25) is 0 Å². The molecule has 0 aliphatic carbocycles. The van der Waals surface area contributed by atoms with Crippen LogP contribution < -0.4 is 15.5 Å². The van der Waals surface area contributed by atoms with Crippen molar-refractivity contribution < 1.29 is 23.5 Å². The fourth-order valence-corrected chi connectivity index (χ4v) is 2.11. The van der Waals surface area contributed by atoms with E-state index in [0.29, 0.717) is 10.8 Å². The van der Waals surface area contributed by atoms with Crippen LogP contribution in [-0.2, 0) is 0 Å². The number of aromatic nitrogens is 1. The molecule has 6 nitrogen and oxygen atoms in total. The molecule has 0 fully saturated rings. The van der Waals surface area contributed by atoms with Crippen LogP contribution in [-0.4, -0.2) is 28.5 Å². The first kappa shape index (κ1) is 18.4. The summed E-state index contributed by atoms with van der Waals surface area (Å²) in [7, 11) is 1.35. The molecule has 0 saturated carbocycles. The maximum absolute atomic E-state index is 13.3. The van der Waals surface area contributed by atoms with Crippen molar-refractivity contribution in [1.82, 2.24) is 10.0 Å². The number of nitrogens with zero attached hydrogens (tertiary/aromatic N) is 2. The van der Waals surface area contributed by atoms with Crippen molar-refractivity contribution in [2.45, 2.75) is 26.3 Å². The van der Waals surface area contributed by atoms with Crippen molar-refractivity contribution in [2.24, 2.45) is 4.99 Å². The number of benzene rings is 1. The van der Waals surface area contributed by atoms with Crippen molar-refractivity contribution >= 4 is 11.6 Å². The van der Waals surface area contributed by atoms with Gasteiger partial charge in [-0.25, -0.2) is 13.8 Å². The van der Waals surface area contributed by atoms with Gasteiger partial charge >= 0.3 is 0 Å². The van der Waals surface area contributed by atoms with E-state index in [-0.39, 0.29) is 22.6 Å². The molecular formula is C17H19F2N3O3. The van der Waals surface area contributed by atoms with E-state index in [2.05, 4.69) is 10.3 Å². The Labute approximate surface area is 143 Å². The smallest absolute Gasteiger partial charge is 0.275 e. The number of carbonyl (C=O) groups excluding carboxylic acids is 1. The molecule has 1 amide bonds. The fraction of sp³-hybridized carbons (Fsp3) is 0.294. The first-order chi connectivity index (χ1) is 11.6. The highest BCUT2D eigenvalue weighted by atomic mass is 19.1. The Morgan fingerprint density at radius 2 is 1.80 bits per heavy atom. The Morgan fingerprint density at radius 3 is 2.32 bits per heavy atom. The molecule has 2 aromatic rings. The second-order valence-corrected chi connectivity index (χ2v) is 6.36. The molecule has 2 rings (SSSR count). The van der Waals surface area contributed by atoms with Crippen LogP contribution in [0.4, 0.5) is 14.5 Å². The molecule has 0 aliphatic rings. The van der Waals surface area contributed by atoms with E-state index >= 15 is 0 Å². The number of amides is 1. The van der Waals surface area contributed by atoms with Crippen LogP contribution in [0, 0.1) is 11.6 Å². The van der Waals surface area contributed by atoms with Gasteiger partial charge in [0.2, 0.25) is 0 Å². The van der Waals surface area contributed by atoms with E-state index in [1.165, 1.54) is 19.2 Å². The molecule has 0 radical (unpaired) electrons. The summed E-state index contributed by atoms with van der Waals surface area (Å²) in [5, 5.41) is 13.1. The largest absolute Gasteiger partial charge is 0.494 e. The van der Waals surface area contributed by atoms with Gasteiger partial charge in [-0.05, 0) is 45.0 Å². The predicted molar refractivity (Wildman–Crippen MR) is 87.0 cm³/mol. The highest BCUT2D eigenvalue weighted by Gasteiger charge is 2.22. The molecule has 8 heteroatoms. The van der Waals surface area contributed by atoms with Crippen LogP contribution >= 0.6 is 0 Å². The summed E-state index contributed by atoms with van der Waals surface area (Å²) in [5.41, 5.74) is -0.874. The Hall–Kier alpha value is -2.90. The third kappa shape index (κ3) is 4.56. The van der Waals surface area contributed by atoms with Gasteiger partial charge in [0.15, 0.2) is 16.9 Å². The number of hydrogen-bond donors (Lipinski definition) is 2. The van der Waals surface area contributed by atoms with Gasteiger partial charge in [-0.2, -0.15) is 4.73 Å². The predicted octanol–water partition coefficient (Wildman–Crippen LogP) is 2.77. The zero-order valence-corrected chi connectivity index (χ0v) is 14.3. The first-order valence-corrected chi connectivity index (χ1v) is 7.43. The number of carbonyl (C=O) groups is 1. The van der Waals surface area contributed by atoms with Crippen molar-refractivity contribution in [3.05, 3.63) is 53.1 Å². The molecule has 1 aromatic heterocycles. The molecular weight excluding hydrogens is 332 g/mol. The Bertz CT molecular complexity index is 850. The summed E-state index contributed by atoms with van der Waals surface area (Å²) in [6.45, 7) is 5.34. The van der Waals surface area contributed by atoms with Crippen LogP contribution in [0.5, 0.6) is 5.75 Å². The minimum Gasteiger partial charge on any atom is -0.494 e. The Morgan fingerprint density at radius 1 is 1.20 bits per heavy atom. The van der Waals surface area contributed by atoms with Crippen LogP contribution in [0.25, 0.3) is 0 Å². The number of ether oxygens (including phenoxy) is 1.